The van der Waals surface area contributed by atoms with Crippen LogP contribution >= 0.6 is 0 Å². The number of piperidine rings is 1. The third-order valence-corrected chi connectivity index (χ3v) is 6.78. The van der Waals surface area contributed by atoms with Gasteiger partial charge in [-0.3, -0.25) is 9.59 Å². The fourth-order valence-electron chi connectivity index (χ4n) is 3.70. The van der Waals surface area contributed by atoms with Crippen molar-refractivity contribution in [3.63, 3.8) is 0 Å². The lowest BCUT2D eigenvalue weighted by Gasteiger charge is -2.35. The fraction of sp³-hybridized carbons (Fsp3) is 0.600. The third-order valence-electron chi connectivity index (χ3n) is 4.89. The predicted octanol–water partition coefficient (Wildman–Crippen LogP) is 0.517. The van der Waals surface area contributed by atoms with Crippen LogP contribution in [0.4, 0.5) is 0 Å². The lowest BCUT2D eigenvalue weighted by Crippen LogP contribution is -2.49. The van der Waals surface area contributed by atoms with E-state index in [1.165, 1.54) is 28.2 Å². The Labute approximate surface area is 135 Å². The van der Waals surface area contributed by atoms with E-state index in [4.69, 9.17) is 0 Å². The van der Waals surface area contributed by atoms with Crippen LogP contribution in [0.2, 0.25) is 0 Å². The summed E-state index contributed by atoms with van der Waals surface area (Å²) in [5, 5.41) is 2.50. The number of fused-ring (bicyclic) bond motifs is 1. The highest BCUT2D eigenvalue weighted by Gasteiger charge is 2.45. The van der Waals surface area contributed by atoms with Crippen LogP contribution in [0.1, 0.15) is 36.2 Å². The van der Waals surface area contributed by atoms with Crippen LogP contribution in [-0.4, -0.2) is 48.6 Å². The summed E-state index contributed by atoms with van der Waals surface area (Å²) in [5.41, 5.74) is 0.294. The molecule has 2 heterocycles. The van der Waals surface area contributed by atoms with Crippen LogP contribution in [0.5, 0.6) is 0 Å². The van der Waals surface area contributed by atoms with Gasteiger partial charge in [-0.05, 0) is 18.9 Å². The number of sulfonamides is 1. The Kier molecular flexibility index (Phi) is 4.05. The van der Waals surface area contributed by atoms with Crippen LogP contribution in [0, 0.1) is 5.92 Å². The highest BCUT2D eigenvalue weighted by molar-refractivity contribution is 7.89. The summed E-state index contributed by atoms with van der Waals surface area (Å²) in [5.74, 6) is -0.319. The third kappa shape index (κ3) is 2.59. The number of amides is 1. The maximum Gasteiger partial charge on any atom is 0.267 e. The monoisotopic (exact) mass is 339 g/mol. The summed E-state index contributed by atoms with van der Waals surface area (Å²) >= 11 is 0. The molecule has 7 nitrogen and oxygen atoms in total. The van der Waals surface area contributed by atoms with E-state index in [0.29, 0.717) is 5.69 Å². The van der Waals surface area contributed by atoms with E-state index in [1.54, 1.807) is 7.05 Å². The number of rotatable bonds is 3. The molecule has 2 fully saturated rings. The number of ketones is 1. The first-order valence-electron chi connectivity index (χ1n) is 7.79. The lowest BCUT2D eigenvalue weighted by molar-refractivity contribution is -0.126. The fourth-order valence-corrected chi connectivity index (χ4v) is 5.46. The van der Waals surface area contributed by atoms with Crippen molar-refractivity contribution in [3.8, 4) is 0 Å². The van der Waals surface area contributed by atoms with Crippen LogP contribution in [-0.2, 0) is 21.9 Å². The Bertz CT molecular complexity index is 753. The Morgan fingerprint density at radius 3 is 2.78 bits per heavy atom. The largest absolute Gasteiger partial charge is 0.354 e. The molecule has 1 saturated carbocycles. The molecule has 2 unspecified atom stereocenters. The van der Waals surface area contributed by atoms with Crippen molar-refractivity contribution in [2.24, 2.45) is 13.0 Å². The summed E-state index contributed by atoms with van der Waals surface area (Å²) in [4.78, 5) is 23.9. The van der Waals surface area contributed by atoms with Crippen molar-refractivity contribution < 1.29 is 18.0 Å². The van der Waals surface area contributed by atoms with E-state index in [0.717, 1.165) is 19.3 Å². The summed E-state index contributed by atoms with van der Waals surface area (Å²) in [6, 6.07) is 1.17. The first-order valence-corrected chi connectivity index (χ1v) is 9.23. The molecule has 1 aliphatic heterocycles. The molecule has 8 heteroatoms. The molecule has 1 N–H and O–H groups in total. The summed E-state index contributed by atoms with van der Waals surface area (Å²) in [6.45, 7) is 0.229. The van der Waals surface area contributed by atoms with Crippen molar-refractivity contribution in [1.29, 1.82) is 0 Å². The zero-order valence-corrected chi connectivity index (χ0v) is 14.1. The van der Waals surface area contributed by atoms with Crippen molar-refractivity contribution in [2.75, 3.05) is 13.6 Å². The van der Waals surface area contributed by atoms with Gasteiger partial charge in [-0.15, -0.1) is 0 Å². The van der Waals surface area contributed by atoms with Gasteiger partial charge in [0.05, 0.1) is 0 Å². The average molecular weight is 339 g/mol. The van der Waals surface area contributed by atoms with E-state index >= 15 is 0 Å². The lowest BCUT2D eigenvalue weighted by atomic mass is 9.92. The number of hydrogen-bond donors (Lipinski definition) is 1. The van der Waals surface area contributed by atoms with Crippen molar-refractivity contribution >= 4 is 21.7 Å². The second kappa shape index (κ2) is 5.76. The highest BCUT2D eigenvalue weighted by atomic mass is 32.2. The predicted molar refractivity (Wildman–Crippen MR) is 83.4 cm³/mol. The van der Waals surface area contributed by atoms with Gasteiger partial charge in [0.15, 0.2) is 0 Å². The Balaban J connectivity index is 1.96. The van der Waals surface area contributed by atoms with Crippen LogP contribution in [0.3, 0.4) is 0 Å². The minimum atomic E-state index is -3.70. The Morgan fingerprint density at radius 2 is 2.09 bits per heavy atom. The number of nitrogens with zero attached hydrogens (tertiary/aromatic N) is 2. The highest BCUT2D eigenvalue weighted by Crippen LogP contribution is 2.37. The van der Waals surface area contributed by atoms with Crippen LogP contribution in [0.25, 0.3) is 0 Å². The first-order chi connectivity index (χ1) is 10.9. The molecule has 0 aromatic carbocycles. The van der Waals surface area contributed by atoms with Gasteiger partial charge in [0, 0.05) is 45.2 Å². The van der Waals surface area contributed by atoms with E-state index in [1.807, 2.05) is 0 Å². The number of carbonyl (C=O) groups is 2. The number of aryl methyl sites for hydroxylation is 1. The van der Waals surface area contributed by atoms with Crippen LogP contribution in [0.15, 0.2) is 17.2 Å². The Hall–Kier alpha value is -1.67. The van der Waals surface area contributed by atoms with Gasteiger partial charge < -0.3 is 9.88 Å². The number of aromatic nitrogens is 1. The molecule has 0 spiro atoms. The SMILES string of the molecule is CNC(=O)c1cc(S(=O)(=O)N2CCC(=O)C3CCCC32)cn1C. The quantitative estimate of drug-likeness (QED) is 0.869. The van der Waals surface area contributed by atoms with E-state index < -0.39 is 10.0 Å². The van der Waals surface area contributed by atoms with E-state index in [9.17, 15) is 18.0 Å². The normalized spacial score (nSPS) is 25.4. The number of carbonyl (C=O) groups excluding carboxylic acids is 2. The molecule has 2 aliphatic rings. The molecule has 1 amide bonds. The molecule has 0 bridgehead atoms. The molecule has 1 aromatic heterocycles. The van der Waals surface area contributed by atoms with Crippen molar-refractivity contribution in [3.05, 3.63) is 18.0 Å². The molecule has 0 radical (unpaired) electrons. The molecule has 3 rings (SSSR count). The van der Waals surface area contributed by atoms with Gasteiger partial charge in [-0.2, -0.15) is 4.31 Å². The zero-order chi connectivity index (χ0) is 16.8. The standard InChI is InChI=1S/C15H21N3O4S/c1-16-15(20)13-8-10(9-17(13)2)23(21,22)18-7-6-14(19)11-4-3-5-12(11)18/h8-9,11-12H,3-7H2,1-2H3,(H,16,20). The average Bonchev–Trinajstić information content (AvgIpc) is 3.14. The second-order valence-corrected chi connectivity index (χ2v) is 8.08. The zero-order valence-electron chi connectivity index (χ0n) is 13.3. The molecule has 1 aliphatic carbocycles. The number of nitrogens with one attached hydrogen (secondary N) is 1. The van der Waals surface area contributed by atoms with E-state index in [2.05, 4.69) is 5.32 Å². The van der Waals surface area contributed by atoms with E-state index in [-0.39, 0.29) is 41.5 Å². The van der Waals surface area contributed by atoms with Gasteiger partial charge in [0.1, 0.15) is 16.4 Å². The molecule has 1 saturated heterocycles. The maximum absolute atomic E-state index is 13.0. The smallest absolute Gasteiger partial charge is 0.267 e. The van der Waals surface area contributed by atoms with Gasteiger partial charge in [0.2, 0.25) is 10.0 Å². The number of hydrogen-bond acceptors (Lipinski definition) is 4. The minimum absolute atomic E-state index is 0.110. The minimum Gasteiger partial charge on any atom is -0.354 e. The Morgan fingerprint density at radius 1 is 1.35 bits per heavy atom. The van der Waals surface area contributed by atoms with Gasteiger partial charge >= 0.3 is 0 Å². The summed E-state index contributed by atoms with van der Waals surface area (Å²) in [6.07, 6.45) is 4.11. The molecule has 126 valence electrons. The molecular formula is C15H21N3O4S. The van der Waals surface area contributed by atoms with Gasteiger partial charge in [-0.1, -0.05) is 6.42 Å². The molecule has 23 heavy (non-hydrogen) atoms. The van der Waals surface area contributed by atoms with Crippen molar-refractivity contribution in [1.82, 2.24) is 14.2 Å². The van der Waals surface area contributed by atoms with Gasteiger partial charge in [-0.25, -0.2) is 8.42 Å². The molecule has 2 atom stereocenters. The maximum atomic E-state index is 13.0. The summed E-state index contributed by atoms with van der Waals surface area (Å²) < 4.78 is 28.9. The van der Waals surface area contributed by atoms with Gasteiger partial charge in [0.25, 0.3) is 5.91 Å². The number of Topliss-reactive ketones (excluding diaryl/α,β-unsaturated/α-hetero) is 1. The van der Waals surface area contributed by atoms with Crippen LogP contribution < -0.4 is 5.32 Å². The van der Waals surface area contributed by atoms with Crippen molar-refractivity contribution in [2.45, 2.75) is 36.6 Å². The topological polar surface area (TPSA) is 88.5 Å². The first kappa shape index (κ1) is 16.2. The molecular weight excluding hydrogens is 318 g/mol. The molecule has 1 aromatic rings. The second-order valence-electron chi connectivity index (χ2n) is 6.19. The summed E-state index contributed by atoms with van der Waals surface area (Å²) in [7, 11) is -0.559.